The van der Waals surface area contributed by atoms with E-state index in [2.05, 4.69) is 31.0 Å². The van der Waals surface area contributed by atoms with Gasteiger partial charge < -0.3 is 16.0 Å². The molecule has 1 saturated heterocycles. The highest BCUT2D eigenvalue weighted by Gasteiger charge is 2.34. The van der Waals surface area contributed by atoms with E-state index in [9.17, 15) is 4.79 Å². The second-order valence-electron chi connectivity index (χ2n) is 7.50. The lowest BCUT2D eigenvalue weighted by Gasteiger charge is -2.34. The quantitative estimate of drug-likeness (QED) is 0.811. The average molecular weight is 283 g/mol. The van der Waals surface area contributed by atoms with Gasteiger partial charge in [0.25, 0.3) is 0 Å². The first-order valence-corrected chi connectivity index (χ1v) is 7.96. The highest BCUT2D eigenvalue weighted by Crippen LogP contribution is 2.34. The van der Waals surface area contributed by atoms with Crippen LogP contribution in [0.4, 0.5) is 0 Å². The Kier molecular flexibility index (Phi) is 6.02. The Hall–Kier alpha value is -0.610. The standard InChI is InChI=1S/C16H33N3O/c1-6-18-16(5,14(17)20)12-19-10-7-8-13(9-11-19)15(2,3)4/h13,18H,6-12H2,1-5H3,(H2,17,20). The molecule has 0 aromatic rings. The lowest BCUT2D eigenvalue weighted by molar-refractivity contribution is -0.124. The molecule has 4 nitrogen and oxygen atoms in total. The van der Waals surface area contributed by atoms with Crippen molar-refractivity contribution in [2.24, 2.45) is 17.1 Å². The van der Waals surface area contributed by atoms with Crippen LogP contribution < -0.4 is 11.1 Å². The van der Waals surface area contributed by atoms with Crippen molar-refractivity contribution in [1.82, 2.24) is 10.2 Å². The molecule has 1 aliphatic rings. The Morgan fingerprint density at radius 2 is 1.90 bits per heavy atom. The van der Waals surface area contributed by atoms with Crippen molar-refractivity contribution in [2.75, 3.05) is 26.2 Å². The molecule has 0 spiro atoms. The molecule has 1 rings (SSSR count). The van der Waals surface area contributed by atoms with Crippen LogP contribution in [0.25, 0.3) is 0 Å². The number of rotatable bonds is 5. The van der Waals surface area contributed by atoms with E-state index in [1.54, 1.807) is 0 Å². The van der Waals surface area contributed by atoms with Crippen LogP contribution >= 0.6 is 0 Å². The summed E-state index contributed by atoms with van der Waals surface area (Å²) in [6.07, 6.45) is 3.71. The van der Waals surface area contributed by atoms with E-state index >= 15 is 0 Å². The van der Waals surface area contributed by atoms with E-state index < -0.39 is 5.54 Å². The molecule has 3 N–H and O–H groups in total. The molecule has 0 bridgehead atoms. The summed E-state index contributed by atoms with van der Waals surface area (Å²) in [6, 6.07) is 0. The number of nitrogens with two attached hydrogens (primary N) is 1. The Balaban J connectivity index is 2.63. The van der Waals surface area contributed by atoms with Gasteiger partial charge in [-0.05, 0) is 57.2 Å². The fraction of sp³-hybridized carbons (Fsp3) is 0.938. The lowest BCUT2D eigenvalue weighted by Crippen LogP contribution is -2.59. The number of nitrogens with zero attached hydrogens (tertiary/aromatic N) is 1. The molecule has 20 heavy (non-hydrogen) atoms. The third-order valence-corrected chi connectivity index (χ3v) is 4.70. The summed E-state index contributed by atoms with van der Waals surface area (Å²) in [6.45, 7) is 14.5. The van der Waals surface area contributed by atoms with Gasteiger partial charge in [-0.3, -0.25) is 4.79 Å². The number of amides is 1. The Bertz CT molecular complexity index is 324. The largest absolute Gasteiger partial charge is 0.368 e. The smallest absolute Gasteiger partial charge is 0.238 e. The van der Waals surface area contributed by atoms with Gasteiger partial charge in [0, 0.05) is 6.54 Å². The molecular weight excluding hydrogens is 250 g/mol. The first-order valence-electron chi connectivity index (χ1n) is 7.96. The first-order chi connectivity index (χ1) is 9.19. The number of carbonyl (C=O) groups excluding carboxylic acids is 1. The summed E-state index contributed by atoms with van der Waals surface area (Å²) in [5.41, 5.74) is 5.35. The third kappa shape index (κ3) is 4.74. The SMILES string of the molecule is CCNC(C)(CN1CCCC(C(C)(C)C)CC1)C(N)=O. The van der Waals surface area contributed by atoms with Crippen molar-refractivity contribution in [1.29, 1.82) is 0 Å². The topological polar surface area (TPSA) is 58.4 Å². The molecule has 1 amide bonds. The summed E-state index contributed by atoms with van der Waals surface area (Å²) >= 11 is 0. The van der Waals surface area contributed by atoms with Crippen LogP contribution in [0.5, 0.6) is 0 Å². The second kappa shape index (κ2) is 6.90. The zero-order valence-corrected chi connectivity index (χ0v) is 14.0. The molecule has 0 aromatic heterocycles. The van der Waals surface area contributed by atoms with E-state index in [1.807, 2.05) is 13.8 Å². The van der Waals surface area contributed by atoms with Gasteiger partial charge in [0.1, 0.15) is 5.54 Å². The molecule has 4 heteroatoms. The average Bonchev–Trinajstić information content (AvgIpc) is 2.54. The van der Waals surface area contributed by atoms with Crippen molar-refractivity contribution >= 4 is 5.91 Å². The highest BCUT2D eigenvalue weighted by atomic mass is 16.1. The van der Waals surface area contributed by atoms with Crippen LogP contribution in [0.2, 0.25) is 0 Å². The van der Waals surface area contributed by atoms with Crippen LogP contribution in [-0.4, -0.2) is 42.5 Å². The van der Waals surface area contributed by atoms with Crippen molar-refractivity contribution in [3.63, 3.8) is 0 Å². The van der Waals surface area contributed by atoms with E-state index in [-0.39, 0.29) is 5.91 Å². The van der Waals surface area contributed by atoms with Crippen LogP contribution in [0, 0.1) is 11.3 Å². The maximum absolute atomic E-state index is 11.7. The monoisotopic (exact) mass is 283 g/mol. The predicted molar refractivity (Wildman–Crippen MR) is 84.5 cm³/mol. The highest BCUT2D eigenvalue weighted by molar-refractivity contribution is 5.84. The maximum atomic E-state index is 11.7. The molecule has 118 valence electrons. The summed E-state index contributed by atoms with van der Waals surface area (Å²) in [4.78, 5) is 14.1. The van der Waals surface area contributed by atoms with Crippen molar-refractivity contribution in [2.45, 2.75) is 59.4 Å². The van der Waals surface area contributed by atoms with E-state index in [0.717, 1.165) is 25.6 Å². The lowest BCUT2D eigenvalue weighted by atomic mass is 9.77. The summed E-state index contributed by atoms with van der Waals surface area (Å²) in [5, 5.41) is 3.25. The van der Waals surface area contributed by atoms with Gasteiger partial charge in [-0.1, -0.05) is 27.7 Å². The van der Waals surface area contributed by atoms with Crippen molar-refractivity contribution in [3.05, 3.63) is 0 Å². The molecule has 2 unspecified atom stereocenters. The number of carbonyl (C=O) groups is 1. The Morgan fingerprint density at radius 3 is 2.40 bits per heavy atom. The minimum Gasteiger partial charge on any atom is -0.368 e. The molecule has 1 heterocycles. The van der Waals surface area contributed by atoms with E-state index in [0.29, 0.717) is 12.0 Å². The number of likely N-dealkylation sites (tertiary alicyclic amines) is 1. The van der Waals surface area contributed by atoms with Gasteiger partial charge in [0.05, 0.1) is 0 Å². The maximum Gasteiger partial charge on any atom is 0.238 e. The summed E-state index contributed by atoms with van der Waals surface area (Å²) in [5.74, 6) is 0.516. The van der Waals surface area contributed by atoms with Crippen molar-refractivity contribution < 1.29 is 4.79 Å². The molecule has 0 saturated carbocycles. The number of hydrogen-bond donors (Lipinski definition) is 2. The molecular formula is C16H33N3O. The molecule has 0 aliphatic carbocycles. The predicted octanol–water partition coefficient (Wildman–Crippen LogP) is 1.99. The normalized spacial score (nSPS) is 24.9. The van der Waals surface area contributed by atoms with Gasteiger partial charge in [-0.2, -0.15) is 0 Å². The molecule has 1 fully saturated rings. The molecule has 1 aliphatic heterocycles. The fourth-order valence-electron chi connectivity index (χ4n) is 3.24. The van der Waals surface area contributed by atoms with Crippen LogP contribution in [0.15, 0.2) is 0 Å². The molecule has 2 atom stereocenters. The van der Waals surface area contributed by atoms with Gasteiger partial charge in [0.2, 0.25) is 5.91 Å². The fourth-order valence-corrected chi connectivity index (χ4v) is 3.24. The minimum absolute atomic E-state index is 0.254. The summed E-state index contributed by atoms with van der Waals surface area (Å²) in [7, 11) is 0. The Morgan fingerprint density at radius 1 is 1.25 bits per heavy atom. The van der Waals surface area contributed by atoms with Crippen LogP contribution in [0.1, 0.15) is 53.9 Å². The third-order valence-electron chi connectivity index (χ3n) is 4.70. The first kappa shape index (κ1) is 17.4. The van der Waals surface area contributed by atoms with Crippen LogP contribution in [-0.2, 0) is 4.79 Å². The van der Waals surface area contributed by atoms with Gasteiger partial charge in [-0.15, -0.1) is 0 Å². The van der Waals surface area contributed by atoms with Gasteiger partial charge in [0.15, 0.2) is 0 Å². The zero-order chi connectivity index (χ0) is 15.4. The van der Waals surface area contributed by atoms with E-state index in [1.165, 1.54) is 19.3 Å². The van der Waals surface area contributed by atoms with Crippen molar-refractivity contribution in [3.8, 4) is 0 Å². The van der Waals surface area contributed by atoms with E-state index in [4.69, 9.17) is 5.73 Å². The number of hydrogen-bond acceptors (Lipinski definition) is 3. The summed E-state index contributed by atoms with van der Waals surface area (Å²) < 4.78 is 0. The molecule has 0 radical (unpaired) electrons. The number of nitrogens with one attached hydrogen (secondary N) is 1. The zero-order valence-electron chi connectivity index (χ0n) is 14.0. The van der Waals surface area contributed by atoms with Gasteiger partial charge >= 0.3 is 0 Å². The number of primary amides is 1. The van der Waals surface area contributed by atoms with Crippen LogP contribution in [0.3, 0.4) is 0 Å². The van der Waals surface area contributed by atoms with Gasteiger partial charge in [-0.25, -0.2) is 0 Å². The number of likely N-dealkylation sites (N-methyl/N-ethyl adjacent to an activating group) is 1. The second-order valence-corrected chi connectivity index (χ2v) is 7.50. The molecule has 0 aromatic carbocycles. The minimum atomic E-state index is -0.615. The Labute approximate surface area is 124 Å².